The van der Waals surface area contributed by atoms with Gasteiger partial charge in [0.05, 0.1) is 0 Å². The summed E-state index contributed by atoms with van der Waals surface area (Å²) in [4.78, 5) is 45.9. The summed E-state index contributed by atoms with van der Waals surface area (Å²) in [5.74, 6) is 3.50. The van der Waals surface area contributed by atoms with Gasteiger partial charge in [0.25, 0.3) is 0 Å². The molecule has 9 nitrogen and oxygen atoms in total. The van der Waals surface area contributed by atoms with Gasteiger partial charge in [0.15, 0.2) is 23.3 Å². The Morgan fingerprint density at radius 1 is 0.383 bits per heavy atom. The molecule has 0 fully saturated rings. The first-order valence-corrected chi connectivity index (χ1v) is 20.1. The Bertz CT molecular complexity index is 3710. The van der Waals surface area contributed by atoms with Gasteiger partial charge in [0.2, 0.25) is 0 Å². The summed E-state index contributed by atoms with van der Waals surface area (Å²) in [5.41, 5.74) is 4.85. The molecule has 0 N–H and O–H groups in total. The van der Waals surface area contributed by atoms with Gasteiger partial charge in [-0.3, -0.25) is 9.13 Å². The molecule has 8 aromatic carbocycles. The zero-order chi connectivity index (χ0) is 39.2. The second kappa shape index (κ2) is 11.5. The number of carbonyl (C=O) groups excluding carboxylic acids is 1. The number of benzene rings is 8. The smallest absolute Gasteiger partial charge is 0.164 e. The van der Waals surface area contributed by atoms with Crippen LogP contribution in [0.15, 0.2) is 176 Å². The minimum atomic E-state index is -0.676. The zero-order valence-electron chi connectivity index (χ0n) is 31.7. The molecule has 14 rings (SSSR count). The Balaban J connectivity index is 1.25. The number of carbonyl (C=O) groups is 1. The van der Waals surface area contributed by atoms with Gasteiger partial charge in [-0.15, -0.1) is 0 Å². The topological polar surface area (TPSA) is 101 Å². The summed E-state index contributed by atoms with van der Waals surface area (Å²) in [6, 6.07) is 50.8. The molecule has 6 heterocycles. The molecule has 1 atom stereocenters. The fourth-order valence-electron chi connectivity index (χ4n) is 9.78. The van der Waals surface area contributed by atoms with Crippen molar-refractivity contribution in [1.29, 1.82) is 0 Å². The lowest BCUT2D eigenvalue weighted by molar-refractivity contribution is -0.108. The molecule has 6 bridgehead atoms. The average molecular weight is 769 g/mol. The molecule has 0 amide bonds. The molecule has 0 spiro atoms. The molecule has 1 unspecified atom stereocenters. The molecule has 0 radical (unpaired) electrons. The van der Waals surface area contributed by atoms with Crippen LogP contribution in [0.25, 0.3) is 64.6 Å². The normalized spacial score (nSPS) is 16.0. The van der Waals surface area contributed by atoms with Crippen molar-refractivity contribution in [2.24, 2.45) is 30.0 Å². The maximum Gasteiger partial charge on any atom is 0.164 e. The van der Waals surface area contributed by atoms with Crippen molar-refractivity contribution in [3.8, 4) is 0 Å². The summed E-state index contributed by atoms with van der Waals surface area (Å²) in [7, 11) is 0. The highest BCUT2D eigenvalue weighted by Crippen LogP contribution is 2.45. The summed E-state index contributed by atoms with van der Waals surface area (Å²) in [5, 5.41) is 12.2. The Labute approximate surface area is 340 Å². The van der Waals surface area contributed by atoms with Crippen LogP contribution in [0.3, 0.4) is 0 Å². The third kappa shape index (κ3) is 4.27. The molecule has 10 aromatic rings. The highest BCUT2D eigenvalue weighted by molar-refractivity contribution is 6.27. The average Bonchev–Trinajstić information content (AvgIpc) is 3.97. The van der Waals surface area contributed by atoms with E-state index in [-0.39, 0.29) is 6.42 Å². The van der Waals surface area contributed by atoms with Gasteiger partial charge in [-0.1, -0.05) is 97.1 Å². The van der Waals surface area contributed by atoms with Crippen LogP contribution in [-0.4, -0.2) is 38.8 Å². The Kier molecular flexibility index (Phi) is 6.10. The van der Waals surface area contributed by atoms with E-state index in [4.69, 9.17) is 30.0 Å². The molecular weight excluding hydrogens is 741 g/mol. The number of amidine groups is 4. The van der Waals surface area contributed by atoms with E-state index in [2.05, 4.69) is 130 Å². The van der Waals surface area contributed by atoms with E-state index in [0.717, 1.165) is 93.2 Å². The summed E-state index contributed by atoms with van der Waals surface area (Å²) < 4.78 is 4.24. The first kappa shape index (κ1) is 31.9. The van der Waals surface area contributed by atoms with Crippen LogP contribution in [0.5, 0.6) is 0 Å². The maximum atomic E-state index is 13.2. The fourth-order valence-corrected chi connectivity index (χ4v) is 9.78. The predicted molar refractivity (Wildman–Crippen MR) is 240 cm³/mol. The van der Waals surface area contributed by atoms with Crippen LogP contribution in [0.1, 0.15) is 34.8 Å². The van der Waals surface area contributed by atoms with Crippen molar-refractivity contribution in [3.05, 3.63) is 179 Å². The number of hydrogen-bond acceptors (Lipinski definition) is 7. The van der Waals surface area contributed by atoms with E-state index < -0.39 is 6.17 Å². The van der Waals surface area contributed by atoms with Gasteiger partial charge >= 0.3 is 0 Å². The summed E-state index contributed by atoms with van der Waals surface area (Å²) in [6.45, 7) is 0. The summed E-state index contributed by atoms with van der Waals surface area (Å²) >= 11 is 0. The van der Waals surface area contributed by atoms with E-state index in [1.807, 2.05) is 24.3 Å². The number of fused-ring (bicyclic) bond motifs is 18. The van der Waals surface area contributed by atoms with E-state index in [0.29, 0.717) is 46.0 Å². The van der Waals surface area contributed by atoms with Crippen molar-refractivity contribution in [3.63, 3.8) is 0 Å². The zero-order valence-corrected chi connectivity index (χ0v) is 31.7. The molecule has 4 aliphatic heterocycles. The first-order chi connectivity index (χ1) is 29.6. The predicted octanol–water partition coefficient (Wildman–Crippen LogP) is 9.79. The van der Waals surface area contributed by atoms with Gasteiger partial charge in [-0.05, 0) is 91.6 Å². The number of nitrogens with zero attached hydrogens (tertiary/aromatic N) is 8. The maximum absolute atomic E-state index is 13.2. The van der Waals surface area contributed by atoms with E-state index in [9.17, 15) is 4.79 Å². The Hall–Kier alpha value is -8.17. The lowest BCUT2D eigenvalue weighted by atomic mass is 10.0. The molecule has 60 heavy (non-hydrogen) atoms. The van der Waals surface area contributed by atoms with Gasteiger partial charge in [0.1, 0.15) is 35.1 Å². The highest BCUT2D eigenvalue weighted by atomic mass is 16.1. The minimum Gasteiger partial charge on any atom is -0.303 e. The van der Waals surface area contributed by atoms with Gasteiger partial charge in [-0.25, -0.2) is 30.0 Å². The first-order valence-electron chi connectivity index (χ1n) is 20.1. The van der Waals surface area contributed by atoms with Gasteiger partial charge in [-0.2, -0.15) is 0 Å². The quantitative estimate of drug-likeness (QED) is 0.161. The lowest BCUT2D eigenvalue weighted by Crippen LogP contribution is -2.37. The minimum absolute atomic E-state index is 0.0917. The fraction of sp³-hybridized carbons (Fsp3) is 0.0392. The van der Waals surface area contributed by atoms with Gasteiger partial charge < -0.3 is 4.79 Å². The van der Waals surface area contributed by atoms with Crippen LogP contribution >= 0.6 is 0 Å². The van der Waals surface area contributed by atoms with Crippen LogP contribution in [-0.2, 0) is 4.79 Å². The second-order valence-electron chi connectivity index (χ2n) is 15.9. The Morgan fingerprint density at radius 3 is 1.05 bits per heavy atom. The summed E-state index contributed by atoms with van der Waals surface area (Å²) in [6.07, 6.45) is 0.395. The van der Waals surface area contributed by atoms with Crippen molar-refractivity contribution in [1.82, 2.24) is 9.13 Å². The van der Waals surface area contributed by atoms with Gasteiger partial charge in [0, 0.05) is 50.2 Å². The molecule has 0 saturated heterocycles. The monoisotopic (exact) mass is 768 g/mol. The molecule has 4 aliphatic rings. The number of aromatic nitrogens is 2. The van der Waals surface area contributed by atoms with Crippen LogP contribution in [0.4, 0.5) is 11.6 Å². The van der Waals surface area contributed by atoms with Crippen LogP contribution in [0.2, 0.25) is 0 Å². The molecule has 278 valence electrons. The number of hydrogen-bond donors (Lipinski definition) is 0. The molecule has 0 aliphatic carbocycles. The van der Waals surface area contributed by atoms with Crippen molar-refractivity contribution in [2.75, 3.05) is 0 Å². The standard InChI is InChI=1S/C51H28N8O/c60-18-17-43-58-48-39-23-31-13-5-6-14-32(31)24-40(39)50(58)56-46-37-21-29-11-3-4-12-30(29)22-38(37)47(53-46)57-51-42-26-34-16-8-7-15-33(34)25-41(42)49(59(43)51)55-45-36-20-28-10-2-1-9-27(28)19-35(36)44(52-45)54-48/h1-16,18-26,43H,17H2. The lowest BCUT2D eigenvalue weighted by Gasteiger charge is -2.23. The molecule has 2 aromatic heterocycles. The van der Waals surface area contributed by atoms with Crippen molar-refractivity contribution in [2.45, 2.75) is 12.6 Å². The number of aliphatic imine (C=N–C) groups is 4. The number of rotatable bonds is 2. The molecular formula is C51H28N8O. The second-order valence-corrected chi connectivity index (χ2v) is 15.9. The van der Waals surface area contributed by atoms with Crippen LogP contribution < -0.4 is 11.0 Å². The number of aldehydes is 1. The third-order valence-electron chi connectivity index (χ3n) is 12.6. The Morgan fingerprint density at radius 2 is 0.700 bits per heavy atom. The third-order valence-corrected chi connectivity index (χ3v) is 12.6. The molecule has 9 heteroatoms. The highest BCUT2D eigenvalue weighted by Gasteiger charge is 2.34. The van der Waals surface area contributed by atoms with Crippen molar-refractivity contribution < 1.29 is 4.79 Å². The van der Waals surface area contributed by atoms with E-state index in [1.165, 1.54) is 0 Å². The van der Waals surface area contributed by atoms with E-state index >= 15 is 0 Å². The molecule has 0 saturated carbocycles. The van der Waals surface area contributed by atoms with E-state index in [1.54, 1.807) is 0 Å². The van der Waals surface area contributed by atoms with Crippen molar-refractivity contribution >= 4 is 106 Å². The van der Waals surface area contributed by atoms with Crippen LogP contribution in [0, 0.1) is 0 Å². The largest absolute Gasteiger partial charge is 0.303 e. The SMILES string of the molecule is O=CCC1n2c3c4cc5ccccc5cc4c2N=C2N=C(N=c4c5cc6ccccc6cc5c(n41)=NC1=NC(=N3)c3cc4ccccc4cc31)c1cc3ccccc3cc12.